The molecule has 0 spiro atoms. The van der Waals surface area contributed by atoms with Crippen molar-refractivity contribution >= 4 is 22.8 Å². The summed E-state index contributed by atoms with van der Waals surface area (Å²) in [5.74, 6) is -1.09. The molecule has 1 saturated carbocycles. The van der Waals surface area contributed by atoms with E-state index in [-0.39, 0.29) is 11.8 Å². The van der Waals surface area contributed by atoms with Gasteiger partial charge in [0, 0.05) is 29.7 Å². The van der Waals surface area contributed by atoms with Crippen molar-refractivity contribution in [1.82, 2.24) is 9.88 Å². The van der Waals surface area contributed by atoms with Crippen molar-refractivity contribution in [1.29, 1.82) is 0 Å². The van der Waals surface area contributed by atoms with Crippen LogP contribution in [-0.2, 0) is 9.59 Å². The van der Waals surface area contributed by atoms with Gasteiger partial charge in [0.2, 0.25) is 5.91 Å². The topological polar surface area (TPSA) is 73.4 Å². The van der Waals surface area contributed by atoms with Crippen LogP contribution in [0.15, 0.2) is 24.3 Å². The smallest absolute Gasteiger partial charge is 0.307 e. The molecule has 1 aromatic carbocycles. The summed E-state index contributed by atoms with van der Waals surface area (Å²) in [5.41, 5.74) is 3.78. The second-order valence-corrected chi connectivity index (χ2v) is 7.44. The van der Waals surface area contributed by atoms with E-state index >= 15 is 0 Å². The van der Waals surface area contributed by atoms with E-state index in [2.05, 4.69) is 30.1 Å². The van der Waals surface area contributed by atoms with Gasteiger partial charge in [-0.1, -0.05) is 18.2 Å². The number of rotatable bonds is 3. The molecule has 0 bridgehead atoms. The Balaban J connectivity index is 1.45. The van der Waals surface area contributed by atoms with Crippen LogP contribution in [0, 0.1) is 18.8 Å². The largest absolute Gasteiger partial charge is 0.481 e. The van der Waals surface area contributed by atoms with Crippen molar-refractivity contribution in [3.63, 3.8) is 0 Å². The highest BCUT2D eigenvalue weighted by molar-refractivity contribution is 5.87. The molecule has 132 valence electrons. The summed E-state index contributed by atoms with van der Waals surface area (Å²) in [6.07, 6.45) is 3.24. The lowest BCUT2D eigenvalue weighted by molar-refractivity contribution is -0.157. The van der Waals surface area contributed by atoms with Gasteiger partial charge in [0.15, 0.2) is 0 Å². The Morgan fingerprint density at radius 3 is 2.40 bits per heavy atom. The summed E-state index contributed by atoms with van der Waals surface area (Å²) >= 11 is 0. The Morgan fingerprint density at radius 1 is 1.08 bits per heavy atom. The van der Waals surface area contributed by atoms with E-state index in [1.165, 1.54) is 22.2 Å². The highest BCUT2D eigenvalue weighted by Gasteiger charge is 2.43. The predicted octanol–water partition coefficient (Wildman–Crippen LogP) is 3.29. The Hall–Kier alpha value is -2.30. The second kappa shape index (κ2) is 6.21. The summed E-state index contributed by atoms with van der Waals surface area (Å²) in [4.78, 5) is 29.2. The summed E-state index contributed by atoms with van der Waals surface area (Å²) in [7, 11) is 0. The Kier molecular flexibility index (Phi) is 4.02. The molecule has 25 heavy (non-hydrogen) atoms. The number of nitrogens with zero attached hydrogens (tertiary/aromatic N) is 1. The summed E-state index contributed by atoms with van der Waals surface area (Å²) in [5, 5.41) is 10.5. The first-order chi connectivity index (χ1) is 12.1. The molecular formula is C20H24N2O3. The maximum absolute atomic E-state index is 12.6. The van der Waals surface area contributed by atoms with Gasteiger partial charge in [0.1, 0.15) is 0 Å². The van der Waals surface area contributed by atoms with Crippen molar-refractivity contribution in [2.45, 2.75) is 38.5 Å². The number of fused-ring (bicyclic) bond motifs is 1. The van der Waals surface area contributed by atoms with E-state index in [1.54, 1.807) is 0 Å². The van der Waals surface area contributed by atoms with Gasteiger partial charge in [0.05, 0.1) is 11.8 Å². The molecule has 1 aromatic heterocycles. The maximum atomic E-state index is 12.6. The number of aliphatic carboxylic acids is 1. The first-order valence-electron chi connectivity index (χ1n) is 9.15. The molecular weight excluding hydrogens is 316 g/mol. The molecule has 2 fully saturated rings. The van der Waals surface area contributed by atoms with E-state index in [9.17, 15) is 14.7 Å². The molecule has 5 heteroatoms. The van der Waals surface area contributed by atoms with Crippen molar-refractivity contribution in [3.05, 3.63) is 35.5 Å². The summed E-state index contributed by atoms with van der Waals surface area (Å²) in [6.45, 7) is 3.58. The number of aromatic nitrogens is 1. The fraction of sp³-hybridized carbons (Fsp3) is 0.500. The van der Waals surface area contributed by atoms with Crippen LogP contribution >= 0.6 is 0 Å². The fourth-order valence-electron chi connectivity index (χ4n) is 4.54. The minimum atomic E-state index is -0.825. The number of piperidine rings is 1. The van der Waals surface area contributed by atoms with Crippen LogP contribution in [0.5, 0.6) is 0 Å². The first-order valence-corrected chi connectivity index (χ1v) is 9.15. The second-order valence-electron chi connectivity index (χ2n) is 7.44. The number of carbonyl (C=O) groups excluding carboxylic acids is 1. The number of hydrogen-bond donors (Lipinski definition) is 2. The minimum Gasteiger partial charge on any atom is -0.481 e. The normalized spacial score (nSPS) is 24.3. The number of hydrogen-bond acceptors (Lipinski definition) is 2. The van der Waals surface area contributed by atoms with Crippen molar-refractivity contribution in [2.24, 2.45) is 11.8 Å². The summed E-state index contributed by atoms with van der Waals surface area (Å²) < 4.78 is 0. The van der Waals surface area contributed by atoms with E-state index in [0.717, 1.165) is 32.4 Å². The molecule has 2 unspecified atom stereocenters. The van der Waals surface area contributed by atoms with Gasteiger partial charge >= 0.3 is 5.97 Å². The van der Waals surface area contributed by atoms with Crippen molar-refractivity contribution < 1.29 is 14.7 Å². The number of carboxylic acids is 1. The fourth-order valence-corrected chi connectivity index (χ4v) is 4.54. The molecule has 0 radical (unpaired) electrons. The SMILES string of the molecule is Cc1[nH]c2ccccc2c1C1CCN(C(=O)C2CCC2C(=O)O)CC1. The van der Waals surface area contributed by atoms with Gasteiger partial charge in [-0.3, -0.25) is 9.59 Å². The molecule has 1 saturated heterocycles. The summed E-state index contributed by atoms with van der Waals surface area (Å²) in [6, 6.07) is 8.38. The number of H-pyrrole nitrogens is 1. The number of benzene rings is 1. The van der Waals surface area contributed by atoms with Gasteiger partial charge in [-0.2, -0.15) is 0 Å². The number of nitrogens with one attached hydrogen (secondary N) is 1. The van der Waals surface area contributed by atoms with E-state index in [4.69, 9.17) is 0 Å². The third-order valence-corrected chi connectivity index (χ3v) is 6.07. The number of carbonyl (C=O) groups is 2. The third kappa shape index (κ3) is 2.71. The van der Waals surface area contributed by atoms with Crippen LogP contribution in [0.2, 0.25) is 0 Å². The molecule has 4 rings (SSSR count). The zero-order valence-corrected chi connectivity index (χ0v) is 14.5. The molecule has 1 aliphatic carbocycles. The molecule has 2 atom stereocenters. The number of aromatic amines is 1. The Labute approximate surface area is 147 Å². The zero-order chi connectivity index (χ0) is 17.6. The van der Waals surface area contributed by atoms with Crippen LogP contribution in [0.3, 0.4) is 0 Å². The van der Waals surface area contributed by atoms with Crippen LogP contribution in [-0.4, -0.2) is 40.0 Å². The molecule has 5 nitrogen and oxygen atoms in total. The monoisotopic (exact) mass is 340 g/mol. The van der Waals surface area contributed by atoms with Gasteiger partial charge in [-0.05, 0) is 50.2 Å². The molecule has 2 aromatic rings. The number of likely N-dealkylation sites (tertiary alicyclic amines) is 1. The van der Waals surface area contributed by atoms with Gasteiger partial charge in [-0.25, -0.2) is 0 Å². The van der Waals surface area contributed by atoms with Crippen LogP contribution in [0.25, 0.3) is 10.9 Å². The van der Waals surface area contributed by atoms with E-state index in [0.29, 0.717) is 12.3 Å². The number of para-hydroxylation sites is 1. The minimum absolute atomic E-state index is 0.0488. The average Bonchev–Trinajstić information content (AvgIpc) is 2.89. The molecule has 1 amide bonds. The zero-order valence-electron chi connectivity index (χ0n) is 14.5. The van der Waals surface area contributed by atoms with Gasteiger partial charge in [0.25, 0.3) is 0 Å². The molecule has 2 heterocycles. The van der Waals surface area contributed by atoms with Crippen molar-refractivity contribution in [3.8, 4) is 0 Å². The number of carboxylic acid groups (broad SMARTS) is 1. The highest BCUT2D eigenvalue weighted by Crippen LogP contribution is 2.39. The predicted molar refractivity (Wildman–Crippen MR) is 95.4 cm³/mol. The standard InChI is InChI=1S/C20H24N2O3/c1-12-18(16-4-2-3-5-17(16)21-12)13-8-10-22(11-9-13)19(23)14-6-7-15(14)20(24)25/h2-5,13-15,21H,6-11H2,1H3,(H,24,25). The van der Waals surface area contributed by atoms with Crippen LogP contribution in [0.1, 0.15) is 42.9 Å². The van der Waals surface area contributed by atoms with E-state index in [1.807, 2.05) is 11.0 Å². The lowest BCUT2D eigenvalue weighted by atomic mass is 9.72. The van der Waals surface area contributed by atoms with Gasteiger partial charge < -0.3 is 15.0 Å². The highest BCUT2D eigenvalue weighted by atomic mass is 16.4. The quantitative estimate of drug-likeness (QED) is 0.900. The van der Waals surface area contributed by atoms with Crippen molar-refractivity contribution in [2.75, 3.05) is 13.1 Å². The lowest BCUT2D eigenvalue weighted by Crippen LogP contribution is -2.48. The Bertz CT molecular complexity index is 817. The average molecular weight is 340 g/mol. The number of amides is 1. The van der Waals surface area contributed by atoms with Crippen LogP contribution < -0.4 is 0 Å². The van der Waals surface area contributed by atoms with E-state index < -0.39 is 11.9 Å². The first kappa shape index (κ1) is 16.2. The number of aryl methyl sites for hydroxylation is 1. The third-order valence-electron chi connectivity index (χ3n) is 6.07. The molecule has 2 aliphatic rings. The van der Waals surface area contributed by atoms with Gasteiger partial charge in [-0.15, -0.1) is 0 Å². The van der Waals surface area contributed by atoms with Crippen LogP contribution in [0.4, 0.5) is 0 Å². The molecule has 1 aliphatic heterocycles. The lowest BCUT2D eigenvalue weighted by Gasteiger charge is -2.39. The molecule has 2 N–H and O–H groups in total. The Morgan fingerprint density at radius 2 is 1.76 bits per heavy atom. The maximum Gasteiger partial charge on any atom is 0.307 e.